The van der Waals surface area contributed by atoms with Gasteiger partial charge in [0, 0.05) is 12.1 Å². The van der Waals surface area contributed by atoms with Gasteiger partial charge in [-0.15, -0.1) is 0 Å². The second kappa shape index (κ2) is 4.43. The second-order valence-electron chi connectivity index (χ2n) is 4.61. The fourth-order valence-electron chi connectivity index (χ4n) is 2.64. The largest absolute Gasteiger partial charge is 0.378 e. The van der Waals surface area contributed by atoms with E-state index in [1.54, 1.807) is 0 Å². The Morgan fingerprint density at radius 3 is 2.54 bits per heavy atom. The summed E-state index contributed by atoms with van der Waals surface area (Å²) in [4.78, 5) is 0. The summed E-state index contributed by atoms with van der Waals surface area (Å²) in [5.74, 6) is 0.886. The first-order valence-electron chi connectivity index (χ1n) is 5.70. The molecule has 1 saturated carbocycles. The fraction of sp³-hybridized carbons (Fsp3) is 1.00. The summed E-state index contributed by atoms with van der Waals surface area (Å²) in [7, 11) is 0. The lowest BCUT2D eigenvalue weighted by molar-refractivity contribution is 0.0253. The van der Waals surface area contributed by atoms with Crippen molar-refractivity contribution >= 4 is 0 Å². The van der Waals surface area contributed by atoms with Gasteiger partial charge in [0.1, 0.15) is 0 Å². The smallest absolute Gasteiger partial charge is 0.0623 e. The third kappa shape index (κ3) is 2.44. The van der Waals surface area contributed by atoms with Crippen molar-refractivity contribution in [2.75, 3.05) is 13.2 Å². The van der Waals surface area contributed by atoms with Crippen LogP contribution in [0.25, 0.3) is 0 Å². The molecular weight excluding hydrogens is 162 g/mol. The fourth-order valence-corrected chi connectivity index (χ4v) is 2.64. The highest BCUT2D eigenvalue weighted by atomic mass is 16.5. The normalized spacial score (nSPS) is 37.6. The van der Waals surface area contributed by atoms with Crippen LogP contribution in [0.1, 0.15) is 39.0 Å². The van der Waals surface area contributed by atoms with Crippen LogP contribution in [0, 0.1) is 5.92 Å². The predicted molar refractivity (Wildman–Crippen MR) is 53.8 cm³/mol. The standard InChI is InChI=1S/C11H21NO/c1-9-7-13-8-11(12-9)10-5-3-2-4-6-10/h9-12H,2-8H2,1H3. The highest BCUT2D eigenvalue weighted by Gasteiger charge is 2.27. The van der Waals surface area contributed by atoms with E-state index < -0.39 is 0 Å². The Balaban J connectivity index is 1.83. The summed E-state index contributed by atoms with van der Waals surface area (Å²) in [5.41, 5.74) is 0. The Morgan fingerprint density at radius 2 is 1.85 bits per heavy atom. The first-order chi connectivity index (χ1) is 6.36. The summed E-state index contributed by atoms with van der Waals surface area (Å²) in [5, 5.41) is 3.66. The summed E-state index contributed by atoms with van der Waals surface area (Å²) in [6.45, 7) is 4.05. The van der Waals surface area contributed by atoms with E-state index in [0.29, 0.717) is 12.1 Å². The van der Waals surface area contributed by atoms with Gasteiger partial charge in [0.25, 0.3) is 0 Å². The van der Waals surface area contributed by atoms with Crippen molar-refractivity contribution in [1.82, 2.24) is 5.32 Å². The molecule has 2 heteroatoms. The van der Waals surface area contributed by atoms with E-state index in [0.717, 1.165) is 19.1 Å². The minimum absolute atomic E-state index is 0.556. The van der Waals surface area contributed by atoms with Gasteiger partial charge in [0.15, 0.2) is 0 Å². The Bertz CT molecular complexity index is 154. The van der Waals surface area contributed by atoms with Gasteiger partial charge in [-0.05, 0) is 25.7 Å². The molecule has 2 unspecified atom stereocenters. The van der Waals surface area contributed by atoms with E-state index in [9.17, 15) is 0 Å². The highest BCUT2D eigenvalue weighted by molar-refractivity contribution is 4.83. The molecule has 1 saturated heterocycles. The van der Waals surface area contributed by atoms with Gasteiger partial charge in [0.05, 0.1) is 13.2 Å². The van der Waals surface area contributed by atoms with Gasteiger partial charge >= 0.3 is 0 Å². The molecule has 0 bridgehead atoms. The predicted octanol–water partition coefficient (Wildman–Crippen LogP) is 1.94. The van der Waals surface area contributed by atoms with Crippen molar-refractivity contribution in [2.45, 2.75) is 51.1 Å². The molecule has 0 aromatic heterocycles. The van der Waals surface area contributed by atoms with Crippen molar-refractivity contribution in [3.8, 4) is 0 Å². The van der Waals surface area contributed by atoms with Crippen LogP contribution < -0.4 is 5.32 Å². The van der Waals surface area contributed by atoms with Crippen LogP contribution in [0.2, 0.25) is 0 Å². The van der Waals surface area contributed by atoms with E-state index in [1.165, 1.54) is 32.1 Å². The number of ether oxygens (including phenoxy) is 1. The van der Waals surface area contributed by atoms with Crippen molar-refractivity contribution in [2.24, 2.45) is 5.92 Å². The molecule has 2 rings (SSSR count). The zero-order chi connectivity index (χ0) is 9.10. The summed E-state index contributed by atoms with van der Waals surface area (Å²) in [6, 6.07) is 1.20. The van der Waals surface area contributed by atoms with Crippen LogP contribution in [-0.2, 0) is 4.74 Å². The van der Waals surface area contributed by atoms with E-state index >= 15 is 0 Å². The third-order valence-electron chi connectivity index (χ3n) is 3.38. The molecule has 76 valence electrons. The summed E-state index contributed by atoms with van der Waals surface area (Å²) < 4.78 is 5.59. The molecule has 2 fully saturated rings. The maximum Gasteiger partial charge on any atom is 0.0623 e. The molecule has 1 aliphatic carbocycles. The minimum atomic E-state index is 0.556. The van der Waals surface area contributed by atoms with Crippen LogP contribution in [0.3, 0.4) is 0 Å². The van der Waals surface area contributed by atoms with Crippen molar-refractivity contribution in [1.29, 1.82) is 0 Å². The molecule has 13 heavy (non-hydrogen) atoms. The molecule has 1 heterocycles. The molecule has 0 aromatic carbocycles. The number of hydrogen-bond donors (Lipinski definition) is 1. The third-order valence-corrected chi connectivity index (χ3v) is 3.38. The van der Waals surface area contributed by atoms with Crippen LogP contribution in [0.15, 0.2) is 0 Å². The molecule has 2 atom stereocenters. The average molecular weight is 183 g/mol. The zero-order valence-corrected chi connectivity index (χ0v) is 8.59. The quantitative estimate of drug-likeness (QED) is 0.671. The Labute approximate surface area is 81.0 Å². The Kier molecular flexibility index (Phi) is 3.23. The van der Waals surface area contributed by atoms with Gasteiger partial charge in [-0.25, -0.2) is 0 Å². The molecule has 0 aromatic rings. The molecule has 1 N–H and O–H groups in total. The number of nitrogens with one attached hydrogen (secondary N) is 1. The average Bonchev–Trinajstić information content (AvgIpc) is 2.19. The number of morpholine rings is 1. The minimum Gasteiger partial charge on any atom is -0.378 e. The molecule has 0 radical (unpaired) electrons. The maximum atomic E-state index is 5.59. The number of rotatable bonds is 1. The highest BCUT2D eigenvalue weighted by Crippen LogP contribution is 2.27. The molecule has 2 aliphatic rings. The SMILES string of the molecule is CC1COCC(C2CCCCC2)N1. The van der Waals surface area contributed by atoms with Crippen molar-refractivity contribution < 1.29 is 4.74 Å². The summed E-state index contributed by atoms with van der Waals surface area (Å²) >= 11 is 0. The van der Waals surface area contributed by atoms with Gasteiger partial charge < -0.3 is 10.1 Å². The summed E-state index contributed by atoms with van der Waals surface area (Å²) in [6.07, 6.45) is 7.12. The molecule has 2 nitrogen and oxygen atoms in total. The molecule has 0 amide bonds. The maximum absolute atomic E-state index is 5.59. The van der Waals surface area contributed by atoms with Crippen LogP contribution in [-0.4, -0.2) is 25.3 Å². The van der Waals surface area contributed by atoms with Gasteiger partial charge in [-0.1, -0.05) is 19.3 Å². The Morgan fingerprint density at radius 1 is 1.08 bits per heavy atom. The Hall–Kier alpha value is -0.0800. The van der Waals surface area contributed by atoms with Crippen LogP contribution in [0.5, 0.6) is 0 Å². The van der Waals surface area contributed by atoms with Crippen LogP contribution in [0.4, 0.5) is 0 Å². The van der Waals surface area contributed by atoms with E-state index in [-0.39, 0.29) is 0 Å². The first kappa shape index (κ1) is 9.47. The zero-order valence-electron chi connectivity index (χ0n) is 8.59. The first-order valence-corrected chi connectivity index (χ1v) is 5.70. The molecule has 1 aliphatic heterocycles. The van der Waals surface area contributed by atoms with Crippen molar-refractivity contribution in [3.63, 3.8) is 0 Å². The lowest BCUT2D eigenvalue weighted by atomic mass is 9.83. The lowest BCUT2D eigenvalue weighted by Crippen LogP contribution is -2.51. The van der Waals surface area contributed by atoms with E-state index in [2.05, 4.69) is 12.2 Å². The topological polar surface area (TPSA) is 21.3 Å². The van der Waals surface area contributed by atoms with Gasteiger partial charge in [0.2, 0.25) is 0 Å². The van der Waals surface area contributed by atoms with Crippen LogP contribution >= 0.6 is 0 Å². The van der Waals surface area contributed by atoms with E-state index in [1.807, 2.05) is 0 Å². The monoisotopic (exact) mass is 183 g/mol. The van der Waals surface area contributed by atoms with Gasteiger partial charge in [-0.2, -0.15) is 0 Å². The van der Waals surface area contributed by atoms with Crippen molar-refractivity contribution in [3.05, 3.63) is 0 Å². The molecular formula is C11H21NO. The second-order valence-corrected chi connectivity index (χ2v) is 4.61. The molecule has 0 spiro atoms. The number of hydrogen-bond acceptors (Lipinski definition) is 2. The van der Waals surface area contributed by atoms with Gasteiger partial charge in [-0.3, -0.25) is 0 Å². The lowest BCUT2D eigenvalue weighted by Gasteiger charge is -2.36. The van der Waals surface area contributed by atoms with E-state index in [4.69, 9.17) is 4.74 Å².